The fourth-order valence-electron chi connectivity index (χ4n) is 7.20. The quantitative estimate of drug-likeness (QED) is 0.200. The molecule has 1 aliphatic rings. The van der Waals surface area contributed by atoms with Crippen molar-refractivity contribution in [2.75, 3.05) is 0 Å². The predicted octanol–water partition coefficient (Wildman–Crippen LogP) is 12.4. The zero-order valence-corrected chi connectivity index (χ0v) is 25.7. The molecule has 8 rings (SSSR count). The van der Waals surface area contributed by atoms with Crippen molar-refractivity contribution in [1.82, 2.24) is 0 Å². The number of hydrogen-bond donors (Lipinski definition) is 0. The minimum Gasteiger partial charge on any atom is -0.0622 e. The standard InChI is InChI=1S/C44H34/c1-27-21-23-34(25-29(27)3)41-39(32-13-7-5-8-14-32)40(33-15-9-6-10-16-33)42(35-24-22-28(2)30(4)26-35)44-37-20-12-18-31-17-11-19-36(38(31)37)43(41)44/h5-26H,1-4H3. The highest BCUT2D eigenvalue weighted by atomic mass is 14.4. The van der Waals surface area contributed by atoms with Gasteiger partial charge >= 0.3 is 0 Å². The Morgan fingerprint density at radius 1 is 0.295 bits per heavy atom. The fourth-order valence-corrected chi connectivity index (χ4v) is 7.20. The monoisotopic (exact) mass is 562 g/mol. The molecular weight excluding hydrogens is 528 g/mol. The van der Waals surface area contributed by atoms with Crippen molar-refractivity contribution in [3.63, 3.8) is 0 Å². The van der Waals surface area contributed by atoms with E-state index in [1.807, 2.05) is 0 Å². The Hall–Kier alpha value is -5.20. The van der Waals surface area contributed by atoms with Crippen molar-refractivity contribution in [2.24, 2.45) is 0 Å². The van der Waals surface area contributed by atoms with Crippen LogP contribution in [-0.4, -0.2) is 0 Å². The molecule has 0 saturated heterocycles. The first kappa shape index (κ1) is 26.4. The van der Waals surface area contributed by atoms with Gasteiger partial charge in [-0.1, -0.05) is 133 Å². The molecule has 0 atom stereocenters. The van der Waals surface area contributed by atoms with E-state index in [1.54, 1.807) is 0 Å². The molecule has 0 unspecified atom stereocenters. The van der Waals surface area contributed by atoms with E-state index in [9.17, 15) is 0 Å². The molecule has 210 valence electrons. The molecule has 0 fully saturated rings. The molecule has 0 aliphatic heterocycles. The van der Waals surface area contributed by atoms with Crippen molar-refractivity contribution < 1.29 is 0 Å². The molecule has 0 nitrogen and oxygen atoms in total. The van der Waals surface area contributed by atoms with Crippen LogP contribution in [0.3, 0.4) is 0 Å². The topological polar surface area (TPSA) is 0 Å². The summed E-state index contributed by atoms with van der Waals surface area (Å²) in [5.41, 5.74) is 20.7. The van der Waals surface area contributed by atoms with Crippen molar-refractivity contribution in [2.45, 2.75) is 27.7 Å². The Bertz CT molecular complexity index is 2080. The van der Waals surface area contributed by atoms with Crippen molar-refractivity contribution >= 4 is 10.8 Å². The summed E-state index contributed by atoms with van der Waals surface area (Å²) in [6.07, 6.45) is 0. The summed E-state index contributed by atoms with van der Waals surface area (Å²) in [7, 11) is 0. The lowest BCUT2D eigenvalue weighted by molar-refractivity contribution is 1.34. The summed E-state index contributed by atoms with van der Waals surface area (Å²) in [6, 6.07) is 49.7. The molecule has 0 saturated carbocycles. The molecular formula is C44H34. The summed E-state index contributed by atoms with van der Waals surface area (Å²) in [5.74, 6) is 0. The van der Waals surface area contributed by atoms with Gasteiger partial charge in [0.05, 0.1) is 0 Å². The molecule has 7 aromatic carbocycles. The second-order valence-corrected chi connectivity index (χ2v) is 12.3. The molecule has 0 heterocycles. The van der Waals surface area contributed by atoms with Gasteiger partial charge in [-0.3, -0.25) is 0 Å². The van der Waals surface area contributed by atoms with Crippen molar-refractivity contribution in [3.05, 3.63) is 156 Å². The van der Waals surface area contributed by atoms with Gasteiger partial charge in [0.15, 0.2) is 0 Å². The minimum atomic E-state index is 1.23. The summed E-state index contributed by atoms with van der Waals surface area (Å²) < 4.78 is 0. The van der Waals surface area contributed by atoms with Gasteiger partial charge in [0, 0.05) is 0 Å². The molecule has 7 aromatic rings. The normalized spacial score (nSPS) is 11.6. The first-order valence-electron chi connectivity index (χ1n) is 15.5. The largest absolute Gasteiger partial charge is 0.0622 e. The van der Waals surface area contributed by atoms with Crippen molar-refractivity contribution in [3.8, 4) is 66.8 Å². The lowest BCUT2D eigenvalue weighted by Gasteiger charge is -2.26. The van der Waals surface area contributed by atoms with Gasteiger partial charge in [-0.05, 0) is 127 Å². The zero-order valence-electron chi connectivity index (χ0n) is 25.7. The van der Waals surface area contributed by atoms with Gasteiger partial charge < -0.3 is 0 Å². The third-order valence-electron chi connectivity index (χ3n) is 9.66. The predicted molar refractivity (Wildman–Crippen MR) is 189 cm³/mol. The SMILES string of the molecule is Cc1ccc(-c2c(-c3ccccc3)c(-c3ccccc3)c(-c3ccc(C)c(C)c3)c3c2-c2cccc4cccc-3c24)cc1C. The molecule has 0 radical (unpaired) electrons. The van der Waals surface area contributed by atoms with Crippen LogP contribution in [0.15, 0.2) is 133 Å². The summed E-state index contributed by atoms with van der Waals surface area (Å²) in [5, 5.41) is 2.64. The Labute approximate surface area is 260 Å². The average Bonchev–Trinajstić information content (AvgIpc) is 3.39. The van der Waals surface area contributed by atoms with Gasteiger partial charge in [-0.15, -0.1) is 0 Å². The maximum atomic E-state index is 2.39. The van der Waals surface area contributed by atoms with Gasteiger partial charge in [0.25, 0.3) is 0 Å². The Kier molecular flexibility index (Phi) is 6.13. The van der Waals surface area contributed by atoms with Crippen molar-refractivity contribution in [1.29, 1.82) is 0 Å². The van der Waals surface area contributed by atoms with E-state index in [4.69, 9.17) is 0 Å². The number of benzene rings is 7. The smallest absolute Gasteiger partial charge is 0.000719 e. The van der Waals surface area contributed by atoms with E-state index in [2.05, 4.69) is 161 Å². The average molecular weight is 563 g/mol. The molecule has 0 heteroatoms. The van der Waals surface area contributed by atoms with Gasteiger partial charge in [0.1, 0.15) is 0 Å². The maximum absolute atomic E-state index is 2.39. The highest BCUT2D eigenvalue weighted by molar-refractivity contribution is 6.25. The summed E-state index contributed by atoms with van der Waals surface area (Å²) in [6.45, 7) is 8.88. The number of fused-ring (bicyclic) bond motifs is 3. The van der Waals surface area contributed by atoms with Crippen LogP contribution in [0.1, 0.15) is 22.3 Å². The lowest BCUT2D eigenvalue weighted by Crippen LogP contribution is -2.00. The van der Waals surface area contributed by atoms with Crippen LogP contribution in [0.5, 0.6) is 0 Å². The van der Waals surface area contributed by atoms with Gasteiger partial charge in [-0.25, -0.2) is 0 Å². The summed E-state index contributed by atoms with van der Waals surface area (Å²) in [4.78, 5) is 0. The first-order chi connectivity index (χ1) is 21.5. The zero-order chi connectivity index (χ0) is 29.9. The van der Waals surface area contributed by atoms with Crippen LogP contribution in [0.2, 0.25) is 0 Å². The number of hydrogen-bond acceptors (Lipinski definition) is 0. The van der Waals surface area contributed by atoms with E-state index < -0.39 is 0 Å². The Balaban J connectivity index is 1.68. The fraction of sp³-hybridized carbons (Fsp3) is 0.0909. The van der Waals surface area contributed by atoms with Gasteiger partial charge in [-0.2, -0.15) is 0 Å². The van der Waals surface area contributed by atoms with E-state index in [0.717, 1.165) is 0 Å². The van der Waals surface area contributed by atoms with E-state index in [0.29, 0.717) is 0 Å². The Morgan fingerprint density at radius 2 is 0.705 bits per heavy atom. The van der Waals surface area contributed by atoms with E-state index >= 15 is 0 Å². The molecule has 0 bridgehead atoms. The minimum absolute atomic E-state index is 1.23. The van der Waals surface area contributed by atoms with Crippen LogP contribution in [0.25, 0.3) is 77.5 Å². The van der Waals surface area contributed by atoms with Crippen LogP contribution < -0.4 is 0 Å². The molecule has 1 aliphatic carbocycles. The van der Waals surface area contributed by atoms with Crippen LogP contribution >= 0.6 is 0 Å². The van der Waals surface area contributed by atoms with Gasteiger partial charge in [0.2, 0.25) is 0 Å². The highest BCUT2D eigenvalue weighted by Crippen LogP contribution is 2.60. The van der Waals surface area contributed by atoms with Crippen LogP contribution in [-0.2, 0) is 0 Å². The molecule has 0 aromatic heterocycles. The molecule has 44 heavy (non-hydrogen) atoms. The maximum Gasteiger partial charge on any atom is -0.000719 e. The Morgan fingerprint density at radius 3 is 1.11 bits per heavy atom. The van der Waals surface area contributed by atoms with E-state index in [1.165, 1.54) is 99.8 Å². The second kappa shape index (κ2) is 10.2. The molecule has 0 N–H and O–H groups in total. The second-order valence-electron chi connectivity index (χ2n) is 12.3. The number of aryl methyl sites for hydroxylation is 4. The number of rotatable bonds is 4. The molecule has 0 spiro atoms. The lowest BCUT2D eigenvalue weighted by atomic mass is 9.76. The van der Waals surface area contributed by atoms with Crippen LogP contribution in [0.4, 0.5) is 0 Å². The third-order valence-corrected chi connectivity index (χ3v) is 9.66. The van der Waals surface area contributed by atoms with Crippen LogP contribution in [0, 0.1) is 27.7 Å². The molecule has 0 amide bonds. The first-order valence-corrected chi connectivity index (χ1v) is 15.5. The third kappa shape index (κ3) is 3.98. The van der Waals surface area contributed by atoms with E-state index in [-0.39, 0.29) is 0 Å². The summed E-state index contributed by atoms with van der Waals surface area (Å²) >= 11 is 0. The highest BCUT2D eigenvalue weighted by Gasteiger charge is 2.33.